The maximum atomic E-state index is 11.8. The van der Waals surface area contributed by atoms with Gasteiger partial charge < -0.3 is 14.0 Å². The van der Waals surface area contributed by atoms with Crippen LogP contribution >= 0.6 is 0 Å². The molecule has 0 saturated heterocycles. The first kappa shape index (κ1) is 13.5. The lowest BCUT2D eigenvalue weighted by atomic mass is 10.1. The summed E-state index contributed by atoms with van der Waals surface area (Å²) in [7, 11) is 3.35. The second-order valence-electron chi connectivity index (χ2n) is 4.50. The molecule has 0 bridgehead atoms. The fraction of sp³-hybridized carbons (Fsp3) is 0.400. The van der Waals surface area contributed by atoms with Crippen molar-refractivity contribution in [1.82, 2.24) is 4.57 Å². The lowest BCUT2D eigenvalue weighted by Crippen LogP contribution is -2.07. The van der Waals surface area contributed by atoms with E-state index in [1.54, 1.807) is 6.07 Å². The highest BCUT2D eigenvalue weighted by atomic mass is 16.5. The molecule has 1 aromatic heterocycles. The summed E-state index contributed by atoms with van der Waals surface area (Å²) in [5.74, 6) is 0.260. The van der Waals surface area contributed by atoms with Gasteiger partial charge in [0.2, 0.25) is 0 Å². The first-order valence-electron chi connectivity index (χ1n) is 6.48. The van der Waals surface area contributed by atoms with Crippen LogP contribution in [-0.4, -0.2) is 24.3 Å². The van der Waals surface area contributed by atoms with Gasteiger partial charge in [-0.05, 0) is 24.6 Å². The highest BCUT2D eigenvalue weighted by Gasteiger charge is 2.17. The normalized spacial score (nSPS) is 10.7. The second-order valence-corrected chi connectivity index (χ2v) is 4.50. The number of unbranched alkanes of at least 4 members (excludes halogenated alkanes) is 1. The van der Waals surface area contributed by atoms with Crippen molar-refractivity contribution >= 4 is 16.9 Å². The molecule has 4 heteroatoms. The van der Waals surface area contributed by atoms with E-state index in [4.69, 9.17) is 9.47 Å². The minimum Gasteiger partial charge on any atom is -0.492 e. The molecule has 0 radical (unpaired) electrons. The topological polar surface area (TPSA) is 40.5 Å². The van der Waals surface area contributed by atoms with Gasteiger partial charge >= 0.3 is 5.97 Å². The van der Waals surface area contributed by atoms with Gasteiger partial charge in [-0.3, -0.25) is 0 Å². The van der Waals surface area contributed by atoms with Crippen LogP contribution in [0.2, 0.25) is 0 Å². The summed E-state index contributed by atoms with van der Waals surface area (Å²) in [4.78, 5) is 11.8. The lowest BCUT2D eigenvalue weighted by Gasteiger charge is -2.11. The predicted molar refractivity (Wildman–Crippen MR) is 74.7 cm³/mol. The van der Waals surface area contributed by atoms with E-state index in [0.717, 1.165) is 23.7 Å². The number of hydrogen-bond acceptors (Lipinski definition) is 3. The quantitative estimate of drug-likeness (QED) is 0.613. The lowest BCUT2D eigenvalue weighted by molar-refractivity contribution is 0.0596. The van der Waals surface area contributed by atoms with E-state index >= 15 is 0 Å². The van der Waals surface area contributed by atoms with Crippen LogP contribution in [0, 0.1) is 0 Å². The van der Waals surface area contributed by atoms with Crippen molar-refractivity contribution in [2.24, 2.45) is 7.05 Å². The number of aromatic nitrogens is 1. The van der Waals surface area contributed by atoms with Crippen LogP contribution in [0.3, 0.4) is 0 Å². The Bertz CT molecular complexity index is 586. The number of benzene rings is 1. The van der Waals surface area contributed by atoms with Gasteiger partial charge in [0.25, 0.3) is 0 Å². The van der Waals surface area contributed by atoms with Crippen LogP contribution in [0.15, 0.2) is 24.4 Å². The first-order valence-corrected chi connectivity index (χ1v) is 6.48. The fourth-order valence-corrected chi connectivity index (χ4v) is 2.07. The molecule has 0 atom stereocenters. The van der Waals surface area contributed by atoms with Gasteiger partial charge in [0.1, 0.15) is 11.3 Å². The Balaban J connectivity index is 2.48. The smallest absolute Gasteiger partial charge is 0.341 e. The van der Waals surface area contributed by atoms with Crippen molar-refractivity contribution in [2.45, 2.75) is 19.8 Å². The SMILES string of the molecule is CCCCOc1c(C(=O)OC)ccc2c1ccn2C. The number of nitrogens with zero attached hydrogens (tertiary/aromatic N) is 1. The molecule has 0 aliphatic rings. The highest BCUT2D eigenvalue weighted by molar-refractivity contribution is 6.00. The Morgan fingerprint density at radius 1 is 1.32 bits per heavy atom. The van der Waals surface area contributed by atoms with Crippen molar-refractivity contribution in [3.05, 3.63) is 30.0 Å². The molecule has 0 aliphatic heterocycles. The van der Waals surface area contributed by atoms with Gasteiger partial charge in [-0.2, -0.15) is 0 Å². The molecule has 0 fully saturated rings. The second kappa shape index (κ2) is 5.78. The molecule has 4 nitrogen and oxygen atoms in total. The first-order chi connectivity index (χ1) is 9.19. The third-order valence-corrected chi connectivity index (χ3v) is 3.17. The Morgan fingerprint density at radius 3 is 2.79 bits per heavy atom. The third kappa shape index (κ3) is 2.57. The molecule has 19 heavy (non-hydrogen) atoms. The number of carbonyl (C=O) groups is 1. The average Bonchev–Trinajstić information content (AvgIpc) is 2.80. The van der Waals surface area contributed by atoms with Gasteiger partial charge in [0.05, 0.1) is 19.2 Å². The van der Waals surface area contributed by atoms with Crippen molar-refractivity contribution in [2.75, 3.05) is 13.7 Å². The van der Waals surface area contributed by atoms with Crippen LogP contribution in [0.25, 0.3) is 10.9 Å². The number of carbonyl (C=O) groups excluding carboxylic acids is 1. The summed E-state index contributed by atoms with van der Waals surface area (Å²) in [5.41, 5.74) is 1.52. The maximum absolute atomic E-state index is 11.8. The van der Waals surface area contributed by atoms with Crippen LogP contribution in [0.4, 0.5) is 0 Å². The summed E-state index contributed by atoms with van der Waals surface area (Å²) in [5, 5.41) is 0.946. The van der Waals surface area contributed by atoms with E-state index in [9.17, 15) is 4.79 Å². The molecule has 1 aromatic carbocycles. The summed E-state index contributed by atoms with van der Waals surface area (Å²) in [6.07, 6.45) is 3.97. The van der Waals surface area contributed by atoms with Crippen molar-refractivity contribution < 1.29 is 14.3 Å². The van der Waals surface area contributed by atoms with Crippen LogP contribution in [-0.2, 0) is 11.8 Å². The van der Waals surface area contributed by atoms with E-state index in [1.807, 2.05) is 29.9 Å². The molecular weight excluding hydrogens is 242 g/mol. The number of aryl methyl sites for hydroxylation is 1. The maximum Gasteiger partial charge on any atom is 0.341 e. The molecule has 102 valence electrons. The molecule has 1 heterocycles. The number of fused-ring (bicyclic) bond motifs is 1. The molecule has 0 aliphatic carbocycles. The molecule has 0 saturated carbocycles. The zero-order valence-corrected chi connectivity index (χ0v) is 11.6. The van der Waals surface area contributed by atoms with Gasteiger partial charge in [0, 0.05) is 18.6 Å². The summed E-state index contributed by atoms with van der Waals surface area (Å²) in [6.45, 7) is 2.71. The van der Waals surface area contributed by atoms with Gasteiger partial charge in [0.15, 0.2) is 0 Å². The largest absolute Gasteiger partial charge is 0.492 e. The zero-order valence-electron chi connectivity index (χ0n) is 11.6. The van der Waals surface area contributed by atoms with E-state index in [0.29, 0.717) is 17.9 Å². The summed E-state index contributed by atoms with van der Waals surface area (Å²) in [6, 6.07) is 5.63. The predicted octanol–water partition coefficient (Wildman–Crippen LogP) is 3.14. The number of hydrogen-bond donors (Lipinski definition) is 0. The Hall–Kier alpha value is -1.97. The standard InChI is InChI=1S/C15H19NO3/c1-4-5-10-19-14-11-8-9-16(2)13(11)7-6-12(14)15(17)18-3/h6-9H,4-5,10H2,1-3H3. The Labute approximate surface area is 112 Å². The van der Waals surface area contributed by atoms with Crippen molar-refractivity contribution in [3.8, 4) is 5.75 Å². The summed E-state index contributed by atoms with van der Waals surface area (Å²) >= 11 is 0. The van der Waals surface area contributed by atoms with E-state index in [2.05, 4.69) is 6.92 Å². The number of methoxy groups -OCH3 is 1. The minimum absolute atomic E-state index is 0.364. The van der Waals surface area contributed by atoms with Crippen LogP contribution in [0.5, 0.6) is 5.75 Å². The van der Waals surface area contributed by atoms with Crippen LogP contribution in [0.1, 0.15) is 30.1 Å². The third-order valence-electron chi connectivity index (χ3n) is 3.17. The monoisotopic (exact) mass is 261 g/mol. The number of ether oxygens (including phenoxy) is 2. The Kier molecular flexibility index (Phi) is 4.10. The minimum atomic E-state index is -0.364. The van der Waals surface area contributed by atoms with Crippen molar-refractivity contribution in [3.63, 3.8) is 0 Å². The molecule has 0 unspecified atom stereocenters. The molecule has 2 aromatic rings. The molecular formula is C15H19NO3. The van der Waals surface area contributed by atoms with E-state index in [-0.39, 0.29) is 5.97 Å². The molecule has 0 N–H and O–H groups in total. The van der Waals surface area contributed by atoms with Gasteiger partial charge in [-0.25, -0.2) is 4.79 Å². The highest BCUT2D eigenvalue weighted by Crippen LogP contribution is 2.31. The van der Waals surface area contributed by atoms with Gasteiger partial charge in [-0.1, -0.05) is 13.3 Å². The summed E-state index contributed by atoms with van der Waals surface area (Å²) < 4.78 is 12.6. The van der Waals surface area contributed by atoms with Crippen molar-refractivity contribution in [1.29, 1.82) is 0 Å². The zero-order chi connectivity index (χ0) is 13.8. The number of esters is 1. The molecule has 0 amide bonds. The number of rotatable bonds is 5. The molecule has 2 rings (SSSR count). The average molecular weight is 261 g/mol. The van der Waals surface area contributed by atoms with Gasteiger partial charge in [-0.15, -0.1) is 0 Å². The van der Waals surface area contributed by atoms with E-state index in [1.165, 1.54) is 7.11 Å². The fourth-order valence-electron chi connectivity index (χ4n) is 2.07. The molecule has 0 spiro atoms. The Morgan fingerprint density at radius 2 is 2.11 bits per heavy atom. The van der Waals surface area contributed by atoms with E-state index < -0.39 is 0 Å². The van der Waals surface area contributed by atoms with Crippen LogP contribution < -0.4 is 4.74 Å².